The predicted octanol–water partition coefficient (Wildman–Crippen LogP) is 6.07. The quantitative estimate of drug-likeness (QED) is 0.393. The Morgan fingerprint density at radius 2 is 1.96 bits per heavy atom. The molecular formula is C17H12Cl3NO2S. The summed E-state index contributed by atoms with van der Waals surface area (Å²) in [5.41, 5.74) is 1.32. The molecule has 1 atom stereocenters. The molecule has 0 aliphatic carbocycles. The van der Waals surface area contributed by atoms with Crippen LogP contribution in [0.2, 0.25) is 0 Å². The molecule has 3 aromatic rings. The van der Waals surface area contributed by atoms with E-state index >= 15 is 0 Å². The molecule has 0 bridgehead atoms. The lowest BCUT2D eigenvalue weighted by Gasteiger charge is -2.18. The Hall–Kier alpha value is -1.04. The summed E-state index contributed by atoms with van der Waals surface area (Å²) in [6.45, 7) is 0.533. The number of thiazole rings is 1. The summed E-state index contributed by atoms with van der Waals surface area (Å²) in [4.78, 5) is 4.48. The Morgan fingerprint density at radius 3 is 2.67 bits per heavy atom. The summed E-state index contributed by atoms with van der Waals surface area (Å²) in [5.74, 6) is 0.686. The minimum absolute atomic E-state index is 0.301. The highest BCUT2D eigenvalue weighted by atomic mass is 35.6. The number of ether oxygens (including phenoxy) is 2. The van der Waals surface area contributed by atoms with Crippen molar-refractivity contribution in [1.29, 1.82) is 0 Å². The van der Waals surface area contributed by atoms with Crippen LogP contribution in [0.3, 0.4) is 0 Å². The van der Waals surface area contributed by atoms with Gasteiger partial charge in [-0.05, 0) is 29.8 Å². The summed E-state index contributed by atoms with van der Waals surface area (Å²) in [6.07, 6.45) is 0.301. The van der Waals surface area contributed by atoms with Crippen molar-refractivity contribution in [3.63, 3.8) is 0 Å². The zero-order chi connectivity index (χ0) is 16.8. The number of epoxide rings is 1. The average molecular weight is 401 g/mol. The number of benzene rings is 2. The van der Waals surface area contributed by atoms with Crippen LogP contribution in [0.15, 0.2) is 48.5 Å². The highest BCUT2D eigenvalue weighted by Crippen LogP contribution is 2.50. The third-order valence-corrected chi connectivity index (χ3v) is 5.13. The molecule has 4 rings (SSSR count). The van der Waals surface area contributed by atoms with Gasteiger partial charge in [0.1, 0.15) is 11.4 Å². The highest BCUT2D eigenvalue weighted by molar-refractivity contribution is 7.20. The number of halogens is 3. The number of fused-ring (bicyclic) bond motifs is 1. The Morgan fingerprint density at radius 1 is 1.17 bits per heavy atom. The number of rotatable bonds is 4. The van der Waals surface area contributed by atoms with E-state index in [1.54, 1.807) is 0 Å². The second-order valence-corrected chi connectivity index (χ2v) is 9.16. The lowest BCUT2D eigenvalue weighted by atomic mass is 9.97. The van der Waals surface area contributed by atoms with Crippen molar-refractivity contribution >= 4 is 56.4 Å². The standard InChI is InChI=1S/C17H12Cl3NO2S/c18-17(19,20)9-16(10-22-16)11-4-3-5-12(8-11)23-15-21-13-6-1-2-7-14(13)24-15/h1-8H,9-10H2. The fraction of sp³-hybridized carbons (Fsp3) is 0.235. The Balaban J connectivity index is 1.59. The van der Waals surface area contributed by atoms with Crippen molar-refractivity contribution in [2.75, 3.05) is 6.61 Å². The predicted molar refractivity (Wildman–Crippen MR) is 98.7 cm³/mol. The molecule has 1 saturated heterocycles. The molecule has 0 radical (unpaired) electrons. The van der Waals surface area contributed by atoms with E-state index in [0.29, 0.717) is 24.0 Å². The Kier molecular flexibility index (Phi) is 4.14. The van der Waals surface area contributed by atoms with Crippen LogP contribution in [0.5, 0.6) is 10.9 Å². The largest absolute Gasteiger partial charge is 0.431 e. The first-order valence-corrected chi connectivity index (χ1v) is 9.23. The van der Waals surface area contributed by atoms with Crippen LogP contribution >= 0.6 is 46.1 Å². The second-order valence-electron chi connectivity index (χ2n) is 5.65. The maximum Gasteiger partial charge on any atom is 0.279 e. The third kappa shape index (κ3) is 3.48. The molecule has 2 heterocycles. The zero-order valence-electron chi connectivity index (χ0n) is 12.3. The van der Waals surface area contributed by atoms with Crippen LogP contribution < -0.4 is 4.74 Å². The monoisotopic (exact) mass is 399 g/mol. The van der Waals surface area contributed by atoms with Crippen molar-refractivity contribution in [3.05, 3.63) is 54.1 Å². The molecule has 7 heteroatoms. The van der Waals surface area contributed by atoms with Crippen LogP contribution in [0, 0.1) is 0 Å². The van der Waals surface area contributed by atoms with E-state index < -0.39 is 9.39 Å². The van der Waals surface area contributed by atoms with Crippen molar-refractivity contribution in [2.45, 2.75) is 15.8 Å². The van der Waals surface area contributed by atoms with Crippen LogP contribution in [-0.4, -0.2) is 15.4 Å². The molecule has 2 aromatic carbocycles. The molecular weight excluding hydrogens is 389 g/mol. The topological polar surface area (TPSA) is 34.6 Å². The minimum atomic E-state index is -1.36. The van der Waals surface area contributed by atoms with Gasteiger partial charge < -0.3 is 9.47 Å². The van der Waals surface area contributed by atoms with Crippen molar-refractivity contribution in [2.24, 2.45) is 0 Å². The molecule has 3 nitrogen and oxygen atoms in total. The first kappa shape index (κ1) is 16.4. The molecule has 0 amide bonds. The molecule has 1 aliphatic heterocycles. The molecule has 1 aromatic heterocycles. The number of aromatic nitrogens is 1. The third-order valence-electron chi connectivity index (χ3n) is 3.82. The SMILES string of the molecule is ClC(Cl)(Cl)CC1(c2cccc(Oc3nc4ccccc4s3)c2)CO1. The van der Waals surface area contributed by atoms with E-state index in [2.05, 4.69) is 4.98 Å². The van der Waals surface area contributed by atoms with Gasteiger partial charge in [0.25, 0.3) is 5.19 Å². The minimum Gasteiger partial charge on any atom is -0.431 e. The van der Waals surface area contributed by atoms with E-state index in [9.17, 15) is 0 Å². The van der Waals surface area contributed by atoms with Gasteiger partial charge in [0, 0.05) is 6.42 Å². The Labute approximate surface area is 158 Å². The highest BCUT2D eigenvalue weighted by Gasteiger charge is 2.51. The maximum atomic E-state index is 5.93. The van der Waals surface area contributed by atoms with Crippen molar-refractivity contribution in [3.8, 4) is 10.9 Å². The van der Waals surface area contributed by atoms with Gasteiger partial charge in [0.2, 0.25) is 0 Å². The fourth-order valence-electron chi connectivity index (χ4n) is 2.62. The molecule has 1 aliphatic rings. The van der Waals surface area contributed by atoms with Gasteiger partial charge in [0.05, 0.1) is 16.8 Å². The maximum absolute atomic E-state index is 5.93. The number of hydrogen-bond acceptors (Lipinski definition) is 4. The van der Waals surface area contributed by atoms with Gasteiger partial charge in [-0.3, -0.25) is 0 Å². The zero-order valence-corrected chi connectivity index (χ0v) is 15.4. The van der Waals surface area contributed by atoms with E-state index in [1.807, 2.05) is 48.5 Å². The van der Waals surface area contributed by atoms with Crippen LogP contribution in [0.25, 0.3) is 10.2 Å². The molecule has 24 heavy (non-hydrogen) atoms. The summed E-state index contributed by atoms with van der Waals surface area (Å²) in [7, 11) is 0. The van der Waals surface area contributed by atoms with Crippen molar-refractivity contribution in [1.82, 2.24) is 4.98 Å². The average Bonchev–Trinajstić information content (AvgIpc) is 3.17. The second kappa shape index (κ2) is 6.04. The summed E-state index contributed by atoms with van der Waals surface area (Å²) < 4.78 is 11.2. The van der Waals surface area contributed by atoms with Gasteiger partial charge in [-0.25, -0.2) is 4.98 Å². The van der Waals surface area contributed by atoms with E-state index in [4.69, 9.17) is 44.3 Å². The van der Waals surface area contributed by atoms with Crippen LogP contribution in [0.1, 0.15) is 12.0 Å². The Bertz CT molecular complexity index is 854. The van der Waals surface area contributed by atoms with Crippen LogP contribution in [0.4, 0.5) is 0 Å². The normalized spacial score (nSPS) is 20.3. The van der Waals surface area contributed by atoms with Crippen molar-refractivity contribution < 1.29 is 9.47 Å². The van der Waals surface area contributed by atoms with Crippen LogP contribution in [-0.2, 0) is 10.3 Å². The van der Waals surface area contributed by atoms with Gasteiger partial charge in [-0.1, -0.05) is 70.4 Å². The summed E-state index contributed by atoms with van der Waals surface area (Å²) in [5, 5.41) is 0.598. The van der Waals surface area contributed by atoms with Gasteiger partial charge in [0.15, 0.2) is 3.79 Å². The lowest BCUT2D eigenvalue weighted by molar-refractivity contribution is 0.294. The van der Waals surface area contributed by atoms with Gasteiger partial charge in [-0.15, -0.1) is 0 Å². The first-order chi connectivity index (χ1) is 11.4. The summed E-state index contributed by atoms with van der Waals surface area (Å²) >= 11 is 19.3. The number of nitrogens with zero attached hydrogens (tertiary/aromatic N) is 1. The molecule has 1 unspecified atom stereocenters. The van der Waals surface area contributed by atoms with Gasteiger partial charge in [-0.2, -0.15) is 0 Å². The number of para-hydroxylation sites is 1. The molecule has 0 saturated carbocycles. The number of alkyl halides is 3. The van der Waals surface area contributed by atoms with E-state index in [1.165, 1.54) is 11.3 Å². The molecule has 0 spiro atoms. The molecule has 124 valence electrons. The smallest absolute Gasteiger partial charge is 0.279 e. The van der Waals surface area contributed by atoms with E-state index in [-0.39, 0.29) is 0 Å². The van der Waals surface area contributed by atoms with E-state index in [0.717, 1.165) is 15.8 Å². The lowest BCUT2D eigenvalue weighted by Crippen LogP contribution is -2.18. The first-order valence-electron chi connectivity index (χ1n) is 7.28. The summed E-state index contributed by atoms with van der Waals surface area (Å²) in [6, 6.07) is 15.6. The number of hydrogen-bond donors (Lipinski definition) is 0. The van der Waals surface area contributed by atoms with Gasteiger partial charge >= 0.3 is 0 Å². The fourth-order valence-corrected chi connectivity index (χ4v) is 4.10. The molecule has 0 N–H and O–H groups in total. The molecule has 1 fully saturated rings.